The van der Waals surface area contributed by atoms with Crippen molar-refractivity contribution in [3.05, 3.63) is 44.9 Å². The van der Waals surface area contributed by atoms with Crippen LogP contribution in [0.15, 0.2) is 33.6 Å². The zero-order chi connectivity index (χ0) is 13.8. The topological polar surface area (TPSA) is 57.0 Å². The van der Waals surface area contributed by atoms with Gasteiger partial charge in [0, 0.05) is 29.5 Å². The first-order valence-electron chi connectivity index (χ1n) is 5.49. The number of methoxy groups -OCH3 is 1. The van der Waals surface area contributed by atoms with Crippen molar-refractivity contribution >= 4 is 37.6 Å². The summed E-state index contributed by atoms with van der Waals surface area (Å²) in [6, 6.07) is 1.73. The minimum absolute atomic E-state index is 0.130. The molecule has 2 aromatic rings. The summed E-state index contributed by atoms with van der Waals surface area (Å²) in [5.74, 6) is -0.130. The van der Waals surface area contributed by atoms with E-state index in [9.17, 15) is 4.79 Å². The maximum absolute atomic E-state index is 12.5. The molecule has 0 aliphatic carbocycles. The number of halogens is 2. The molecule has 100 valence electrons. The lowest BCUT2D eigenvalue weighted by molar-refractivity contribution is 0.102. The van der Waals surface area contributed by atoms with Gasteiger partial charge in [-0.2, -0.15) is 5.10 Å². The molecule has 5 nitrogen and oxygen atoms in total. The molecule has 0 bridgehead atoms. The van der Waals surface area contributed by atoms with Crippen LogP contribution in [0.5, 0.6) is 0 Å². The maximum atomic E-state index is 12.5. The van der Waals surface area contributed by atoms with Crippen LogP contribution in [0.25, 0.3) is 0 Å². The molecule has 0 aromatic carbocycles. The van der Waals surface area contributed by atoms with Crippen molar-refractivity contribution < 1.29 is 9.53 Å². The number of aromatic nitrogens is 3. The smallest absolute Gasteiger partial charge is 0.213 e. The summed E-state index contributed by atoms with van der Waals surface area (Å²) in [5.41, 5.74) is 1.01. The van der Waals surface area contributed by atoms with Gasteiger partial charge in [-0.05, 0) is 37.9 Å². The Hall–Kier alpha value is -1.05. The molecule has 0 spiro atoms. The molecule has 2 heterocycles. The Morgan fingerprint density at radius 2 is 2.16 bits per heavy atom. The summed E-state index contributed by atoms with van der Waals surface area (Å²) in [4.78, 5) is 16.5. The van der Waals surface area contributed by atoms with Gasteiger partial charge in [0.1, 0.15) is 5.69 Å². The Bertz CT molecular complexity index is 598. The minimum Gasteiger partial charge on any atom is -0.383 e. The molecule has 0 unspecified atom stereocenters. The third-order valence-electron chi connectivity index (χ3n) is 2.48. The highest BCUT2D eigenvalue weighted by molar-refractivity contribution is 9.10. The number of pyridine rings is 1. The number of carbonyl (C=O) groups excluding carboxylic acids is 1. The average Bonchev–Trinajstić information content (AvgIpc) is 2.76. The molecular weight excluding hydrogens is 378 g/mol. The number of ether oxygens (including phenoxy) is 1. The number of carbonyl (C=O) groups is 1. The monoisotopic (exact) mass is 387 g/mol. The predicted octanol–water partition coefficient (Wildman–Crippen LogP) is 2.68. The Balaban J connectivity index is 2.35. The molecule has 0 aliphatic heterocycles. The van der Waals surface area contributed by atoms with Gasteiger partial charge < -0.3 is 4.74 Å². The number of nitrogens with zero attached hydrogens (tertiary/aromatic N) is 3. The van der Waals surface area contributed by atoms with Crippen LogP contribution < -0.4 is 0 Å². The standard InChI is InChI=1S/C12H11Br2N3O2/c1-19-3-2-17-11(10(14)7-16-17)12(18)8-4-9(13)6-15-5-8/h4-7H,2-3H2,1H3. The normalized spacial score (nSPS) is 10.7. The quantitative estimate of drug-likeness (QED) is 0.739. The van der Waals surface area contributed by atoms with Crippen LogP contribution in [-0.4, -0.2) is 34.3 Å². The second-order valence-corrected chi connectivity index (χ2v) is 5.55. The van der Waals surface area contributed by atoms with E-state index in [0.29, 0.717) is 28.9 Å². The molecule has 0 aliphatic rings. The van der Waals surface area contributed by atoms with Crippen molar-refractivity contribution in [3.63, 3.8) is 0 Å². The molecule has 0 N–H and O–H groups in total. The van der Waals surface area contributed by atoms with Crippen LogP contribution in [0.1, 0.15) is 16.1 Å². The lowest BCUT2D eigenvalue weighted by atomic mass is 10.1. The van der Waals surface area contributed by atoms with Gasteiger partial charge in [-0.15, -0.1) is 0 Å². The molecule has 0 atom stereocenters. The van der Waals surface area contributed by atoms with Gasteiger partial charge >= 0.3 is 0 Å². The lowest BCUT2D eigenvalue weighted by Gasteiger charge is -2.07. The first kappa shape index (κ1) is 14.4. The van der Waals surface area contributed by atoms with E-state index in [1.807, 2.05) is 0 Å². The molecule has 0 fully saturated rings. The van der Waals surface area contributed by atoms with Crippen molar-refractivity contribution in [1.82, 2.24) is 14.8 Å². The fourth-order valence-electron chi connectivity index (χ4n) is 1.61. The number of ketones is 1. The highest BCUT2D eigenvalue weighted by Crippen LogP contribution is 2.21. The van der Waals surface area contributed by atoms with E-state index in [4.69, 9.17) is 4.74 Å². The summed E-state index contributed by atoms with van der Waals surface area (Å²) in [6.07, 6.45) is 4.77. The number of rotatable bonds is 5. The third-order valence-corrected chi connectivity index (χ3v) is 3.50. The van der Waals surface area contributed by atoms with Crippen LogP contribution in [0.2, 0.25) is 0 Å². The molecule has 2 aromatic heterocycles. The molecule has 0 saturated carbocycles. The van der Waals surface area contributed by atoms with E-state index in [1.54, 1.807) is 30.3 Å². The second kappa shape index (κ2) is 6.40. The molecule has 0 amide bonds. The highest BCUT2D eigenvalue weighted by atomic mass is 79.9. The minimum atomic E-state index is -0.130. The molecule has 7 heteroatoms. The zero-order valence-electron chi connectivity index (χ0n) is 10.1. The lowest BCUT2D eigenvalue weighted by Crippen LogP contribution is -2.15. The van der Waals surface area contributed by atoms with E-state index in [0.717, 1.165) is 4.47 Å². The summed E-state index contributed by atoms with van der Waals surface area (Å²) < 4.78 is 8.05. The van der Waals surface area contributed by atoms with Crippen molar-refractivity contribution in [2.75, 3.05) is 13.7 Å². The predicted molar refractivity (Wildman–Crippen MR) is 77.2 cm³/mol. The first-order valence-corrected chi connectivity index (χ1v) is 7.07. The van der Waals surface area contributed by atoms with Gasteiger partial charge in [-0.25, -0.2) is 0 Å². The van der Waals surface area contributed by atoms with Crippen molar-refractivity contribution in [2.45, 2.75) is 6.54 Å². The fraction of sp³-hybridized carbons (Fsp3) is 0.250. The van der Waals surface area contributed by atoms with Gasteiger partial charge in [0.2, 0.25) is 5.78 Å². The average molecular weight is 389 g/mol. The van der Waals surface area contributed by atoms with Crippen LogP contribution in [-0.2, 0) is 11.3 Å². The SMILES string of the molecule is COCCn1ncc(Br)c1C(=O)c1cncc(Br)c1. The zero-order valence-corrected chi connectivity index (χ0v) is 13.3. The Morgan fingerprint density at radius 3 is 2.84 bits per heavy atom. The van der Waals surface area contributed by atoms with Gasteiger partial charge in [-0.1, -0.05) is 0 Å². The number of hydrogen-bond donors (Lipinski definition) is 0. The molecule has 0 saturated heterocycles. The van der Waals surface area contributed by atoms with Crippen LogP contribution in [0.4, 0.5) is 0 Å². The van der Waals surface area contributed by atoms with E-state index >= 15 is 0 Å². The van der Waals surface area contributed by atoms with Crippen LogP contribution in [0, 0.1) is 0 Å². The van der Waals surface area contributed by atoms with Gasteiger partial charge in [0.25, 0.3) is 0 Å². The van der Waals surface area contributed by atoms with E-state index in [-0.39, 0.29) is 5.78 Å². The highest BCUT2D eigenvalue weighted by Gasteiger charge is 2.19. The first-order chi connectivity index (χ1) is 9.13. The van der Waals surface area contributed by atoms with Gasteiger partial charge in [-0.3, -0.25) is 14.5 Å². The molecule has 0 radical (unpaired) electrons. The largest absolute Gasteiger partial charge is 0.383 e. The summed E-state index contributed by atoms with van der Waals surface area (Å²) in [7, 11) is 1.61. The van der Waals surface area contributed by atoms with Gasteiger partial charge in [0.15, 0.2) is 0 Å². The van der Waals surface area contributed by atoms with Crippen LogP contribution >= 0.6 is 31.9 Å². The van der Waals surface area contributed by atoms with E-state index in [1.165, 1.54) is 6.20 Å². The van der Waals surface area contributed by atoms with Crippen molar-refractivity contribution in [3.8, 4) is 0 Å². The van der Waals surface area contributed by atoms with Gasteiger partial charge in [0.05, 0.1) is 23.8 Å². The second-order valence-electron chi connectivity index (χ2n) is 3.78. The summed E-state index contributed by atoms with van der Waals surface area (Å²) in [5, 5.41) is 4.16. The maximum Gasteiger partial charge on any atom is 0.213 e. The Labute approximate surface area is 127 Å². The van der Waals surface area contributed by atoms with E-state index in [2.05, 4.69) is 41.9 Å². The third kappa shape index (κ3) is 3.29. The molecular formula is C12H11Br2N3O2. The van der Waals surface area contributed by atoms with Crippen molar-refractivity contribution in [1.29, 1.82) is 0 Å². The van der Waals surface area contributed by atoms with Crippen LogP contribution in [0.3, 0.4) is 0 Å². The van der Waals surface area contributed by atoms with E-state index < -0.39 is 0 Å². The fourth-order valence-corrected chi connectivity index (χ4v) is 2.45. The Kier molecular flexibility index (Phi) is 4.84. The van der Waals surface area contributed by atoms with Crippen molar-refractivity contribution in [2.24, 2.45) is 0 Å². The summed E-state index contributed by atoms with van der Waals surface area (Å²) >= 11 is 6.65. The molecule has 19 heavy (non-hydrogen) atoms. The molecule has 2 rings (SSSR count). The summed E-state index contributed by atoms with van der Waals surface area (Å²) in [6.45, 7) is 1.01. The number of hydrogen-bond acceptors (Lipinski definition) is 4. The Morgan fingerprint density at radius 1 is 1.37 bits per heavy atom.